The van der Waals surface area contributed by atoms with Crippen molar-refractivity contribution < 1.29 is 23.8 Å². The molecule has 8 heteroatoms. The molecule has 3 aromatic rings. The van der Waals surface area contributed by atoms with Crippen molar-refractivity contribution in [2.75, 3.05) is 33.7 Å². The van der Waals surface area contributed by atoms with Crippen LogP contribution in [-0.4, -0.2) is 45.1 Å². The van der Waals surface area contributed by atoms with Crippen LogP contribution in [0.3, 0.4) is 0 Å². The topological polar surface area (TPSA) is 77.1 Å². The van der Waals surface area contributed by atoms with Crippen molar-refractivity contribution in [3.8, 4) is 17.2 Å². The molecule has 0 unspecified atom stereocenters. The van der Waals surface area contributed by atoms with Gasteiger partial charge in [-0.3, -0.25) is 9.59 Å². The van der Waals surface area contributed by atoms with Gasteiger partial charge in [-0.05, 0) is 23.1 Å². The van der Waals surface area contributed by atoms with Gasteiger partial charge in [0, 0.05) is 35.3 Å². The number of amides is 2. The van der Waals surface area contributed by atoms with Crippen LogP contribution in [0.25, 0.3) is 0 Å². The Hall–Kier alpha value is -3.52. The molecule has 2 aromatic carbocycles. The minimum absolute atomic E-state index is 0.101. The fraction of sp³-hybridized carbons (Fsp3) is 0.250. The van der Waals surface area contributed by atoms with Crippen molar-refractivity contribution in [2.45, 2.75) is 12.0 Å². The lowest BCUT2D eigenvalue weighted by atomic mass is 9.81. The fourth-order valence-electron chi connectivity index (χ4n) is 4.15. The molecule has 7 nitrogen and oxygen atoms in total. The number of thiophene rings is 1. The van der Waals surface area contributed by atoms with Crippen LogP contribution in [0.5, 0.6) is 17.2 Å². The molecule has 0 saturated heterocycles. The largest absolute Gasteiger partial charge is 0.493 e. The molecule has 0 aliphatic carbocycles. The third-order valence-electron chi connectivity index (χ3n) is 5.63. The van der Waals surface area contributed by atoms with Crippen LogP contribution in [0.15, 0.2) is 53.9 Å². The molecule has 1 aromatic heterocycles. The molecule has 0 fully saturated rings. The maximum atomic E-state index is 13.7. The molecule has 32 heavy (non-hydrogen) atoms. The monoisotopic (exact) mass is 452 g/mol. The predicted molar refractivity (Wildman–Crippen MR) is 123 cm³/mol. The zero-order chi connectivity index (χ0) is 22.8. The Morgan fingerprint density at radius 1 is 1.00 bits per heavy atom. The normalized spacial score (nSPS) is 17.5. The van der Waals surface area contributed by atoms with Crippen molar-refractivity contribution in [3.05, 3.63) is 69.9 Å². The first-order valence-corrected chi connectivity index (χ1v) is 10.9. The first-order valence-electron chi connectivity index (χ1n) is 10.0. The number of nitrogens with zero attached hydrogens (tertiary/aromatic N) is 1. The van der Waals surface area contributed by atoms with Crippen LogP contribution < -0.4 is 19.5 Å². The summed E-state index contributed by atoms with van der Waals surface area (Å²) < 4.78 is 16.2. The Balaban J connectivity index is 1.77. The molecule has 1 aliphatic heterocycles. The smallest absolute Gasteiger partial charge is 0.254 e. The third kappa shape index (κ3) is 3.67. The standard InChI is InChI=1S/C24H24N2O5S/c1-26-21(19-10-7-11-32-19)20(15-8-5-6-9-16(15)24(26)28)23(27)25-14-12-17(29-2)22(31-4)18(13-14)30-3/h5-13,20-21H,1-4H3,(H,25,27)/t20-,21-/m0/s1. The molecule has 1 N–H and O–H groups in total. The van der Waals surface area contributed by atoms with Gasteiger partial charge in [-0.25, -0.2) is 0 Å². The zero-order valence-corrected chi connectivity index (χ0v) is 19.1. The predicted octanol–water partition coefficient (Wildman–Crippen LogP) is 4.32. The van der Waals surface area contributed by atoms with Gasteiger partial charge in [0.15, 0.2) is 11.5 Å². The molecule has 2 amide bonds. The first kappa shape index (κ1) is 21.7. The molecule has 0 saturated carbocycles. The number of methoxy groups -OCH3 is 3. The van der Waals surface area contributed by atoms with E-state index < -0.39 is 12.0 Å². The number of hydrogen-bond donors (Lipinski definition) is 1. The van der Waals surface area contributed by atoms with E-state index in [1.54, 1.807) is 30.1 Å². The highest BCUT2D eigenvalue weighted by Crippen LogP contribution is 2.45. The van der Waals surface area contributed by atoms with Crippen LogP contribution >= 0.6 is 11.3 Å². The van der Waals surface area contributed by atoms with Gasteiger partial charge in [-0.15, -0.1) is 11.3 Å². The van der Waals surface area contributed by atoms with Crippen molar-refractivity contribution in [1.29, 1.82) is 0 Å². The number of hydrogen-bond acceptors (Lipinski definition) is 6. The van der Waals surface area contributed by atoms with Gasteiger partial charge in [0.05, 0.1) is 33.3 Å². The van der Waals surface area contributed by atoms with Crippen LogP contribution in [0.1, 0.15) is 32.8 Å². The van der Waals surface area contributed by atoms with E-state index in [-0.39, 0.29) is 11.8 Å². The molecule has 4 rings (SSSR count). The number of benzene rings is 2. The number of rotatable bonds is 6. The average Bonchev–Trinajstić information content (AvgIpc) is 3.34. The lowest BCUT2D eigenvalue weighted by Gasteiger charge is -2.39. The molecular formula is C24H24N2O5S. The van der Waals surface area contributed by atoms with Crippen molar-refractivity contribution in [3.63, 3.8) is 0 Å². The Morgan fingerprint density at radius 2 is 1.69 bits per heavy atom. The molecule has 0 spiro atoms. The van der Waals surface area contributed by atoms with Crippen LogP contribution in [0.4, 0.5) is 5.69 Å². The van der Waals surface area contributed by atoms with Gasteiger partial charge in [0.2, 0.25) is 11.7 Å². The Bertz CT molecular complexity index is 1120. The van der Waals surface area contributed by atoms with E-state index in [2.05, 4.69) is 5.32 Å². The van der Waals surface area contributed by atoms with Crippen LogP contribution in [-0.2, 0) is 4.79 Å². The quantitative estimate of drug-likeness (QED) is 0.603. The first-order chi connectivity index (χ1) is 15.5. The number of nitrogens with one attached hydrogen (secondary N) is 1. The maximum absolute atomic E-state index is 13.7. The molecule has 2 atom stereocenters. The average molecular weight is 453 g/mol. The Kier molecular flexibility index (Phi) is 6.05. The van der Waals surface area contributed by atoms with E-state index in [1.165, 1.54) is 32.7 Å². The lowest BCUT2D eigenvalue weighted by Crippen LogP contribution is -2.43. The maximum Gasteiger partial charge on any atom is 0.254 e. The summed E-state index contributed by atoms with van der Waals surface area (Å²) in [6.45, 7) is 0. The van der Waals surface area contributed by atoms with Crippen LogP contribution in [0.2, 0.25) is 0 Å². The number of ether oxygens (including phenoxy) is 3. The van der Waals surface area contributed by atoms with Gasteiger partial charge < -0.3 is 24.4 Å². The highest BCUT2D eigenvalue weighted by atomic mass is 32.1. The van der Waals surface area contributed by atoms with E-state index in [4.69, 9.17) is 14.2 Å². The number of carbonyl (C=O) groups excluding carboxylic acids is 2. The highest BCUT2D eigenvalue weighted by molar-refractivity contribution is 7.10. The second-order valence-electron chi connectivity index (χ2n) is 7.34. The second-order valence-corrected chi connectivity index (χ2v) is 8.32. The second kappa shape index (κ2) is 8.92. The van der Waals surface area contributed by atoms with Crippen molar-refractivity contribution in [2.24, 2.45) is 0 Å². The Morgan fingerprint density at radius 3 is 2.28 bits per heavy atom. The summed E-state index contributed by atoms with van der Waals surface area (Å²) in [4.78, 5) is 29.3. The molecule has 166 valence electrons. The highest BCUT2D eigenvalue weighted by Gasteiger charge is 2.43. The summed E-state index contributed by atoms with van der Waals surface area (Å²) in [6.07, 6.45) is 0. The molecular weight excluding hydrogens is 428 g/mol. The summed E-state index contributed by atoms with van der Waals surface area (Å²) in [6, 6.07) is 14.1. The third-order valence-corrected chi connectivity index (χ3v) is 6.57. The van der Waals surface area contributed by atoms with Gasteiger partial charge in [0.1, 0.15) is 0 Å². The lowest BCUT2D eigenvalue weighted by molar-refractivity contribution is -0.119. The molecule has 0 radical (unpaired) electrons. The van der Waals surface area contributed by atoms with E-state index in [0.29, 0.717) is 34.1 Å². The molecule has 1 aliphatic rings. The summed E-state index contributed by atoms with van der Waals surface area (Å²) in [7, 11) is 6.31. The zero-order valence-electron chi connectivity index (χ0n) is 18.2. The number of fused-ring (bicyclic) bond motifs is 1. The fourth-order valence-corrected chi connectivity index (χ4v) is 5.05. The van der Waals surface area contributed by atoms with Crippen LogP contribution in [0, 0.1) is 0 Å². The summed E-state index contributed by atoms with van der Waals surface area (Å²) in [5.41, 5.74) is 1.75. The molecule has 0 bridgehead atoms. The van der Waals surface area contributed by atoms with E-state index in [1.807, 2.05) is 35.7 Å². The SMILES string of the molecule is COc1cc(NC(=O)[C@H]2c3ccccc3C(=O)N(C)[C@H]2c2cccs2)cc(OC)c1OC. The van der Waals surface area contributed by atoms with E-state index in [9.17, 15) is 9.59 Å². The minimum atomic E-state index is -0.591. The van der Waals surface area contributed by atoms with Crippen molar-refractivity contribution >= 4 is 28.8 Å². The van der Waals surface area contributed by atoms with E-state index in [0.717, 1.165) is 4.88 Å². The van der Waals surface area contributed by atoms with E-state index >= 15 is 0 Å². The summed E-state index contributed by atoms with van der Waals surface area (Å²) in [5.74, 6) is 0.395. The molecule has 2 heterocycles. The minimum Gasteiger partial charge on any atom is -0.493 e. The number of likely N-dealkylation sites (N-methyl/N-ethyl adjacent to an activating group) is 1. The Labute approximate surface area is 190 Å². The van der Waals surface area contributed by atoms with Gasteiger partial charge in [0.25, 0.3) is 5.91 Å². The summed E-state index contributed by atoms with van der Waals surface area (Å²) in [5, 5.41) is 4.94. The number of carbonyl (C=O) groups is 2. The van der Waals surface area contributed by atoms with Gasteiger partial charge in [-0.1, -0.05) is 24.3 Å². The number of anilines is 1. The van der Waals surface area contributed by atoms with Crippen molar-refractivity contribution in [1.82, 2.24) is 4.90 Å². The van der Waals surface area contributed by atoms with Gasteiger partial charge >= 0.3 is 0 Å². The summed E-state index contributed by atoms with van der Waals surface area (Å²) >= 11 is 1.52. The van der Waals surface area contributed by atoms with Gasteiger partial charge in [-0.2, -0.15) is 0 Å².